The van der Waals surface area contributed by atoms with Gasteiger partial charge in [-0.05, 0) is 48.1 Å². The number of rotatable bonds is 2. The normalized spacial score (nSPS) is 16.6. The first-order chi connectivity index (χ1) is 11.3. The molecule has 1 fully saturated rings. The van der Waals surface area contributed by atoms with Crippen LogP contribution in [-0.4, -0.2) is 4.57 Å². The first-order valence-corrected chi connectivity index (χ1v) is 8.98. The van der Waals surface area contributed by atoms with Crippen molar-refractivity contribution in [2.45, 2.75) is 44.4 Å². The van der Waals surface area contributed by atoms with E-state index < -0.39 is 0 Å². The Bertz CT molecular complexity index is 804. The Hall–Kier alpha value is -2.02. The van der Waals surface area contributed by atoms with Gasteiger partial charge in [0.1, 0.15) is 0 Å². The summed E-state index contributed by atoms with van der Waals surface area (Å²) in [5.74, 6) is 0.757. The van der Waals surface area contributed by atoms with Gasteiger partial charge >= 0.3 is 0 Å². The number of hydrogen-bond acceptors (Lipinski definition) is 0. The van der Waals surface area contributed by atoms with E-state index in [1.807, 2.05) is 0 Å². The van der Waals surface area contributed by atoms with Crippen LogP contribution in [0.3, 0.4) is 0 Å². The SMILES string of the molecule is Cn1c(-c2cccc(C3CCCCCC3)c2)cc2ccccc21. The highest BCUT2D eigenvalue weighted by atomic mass is 14.9. The quantitative estimate of drug-likeness (QED) is 0.491. The van der Waals surface area contributed by atoms with E-state index in [1.165, 1.54) is 66.2 Å². The molecule has 0 unspecified atom stereocenters. The van der Waals surface area contributed by atoms with Gasteiger partial charge < -0.3 is 4.57 Å². The smallest absolute Gasteiger partial charge is 0.0488 e. The van der Waals surface area contributed by atoms with Crippen LogP contribution in [0.15, 0.2) is 54.6 Å². The molecule has 1 heterocycles. The molecule has 0 bridgehead atoms. The van der Waals surface area contributed by atoms with Crippen molar-refractivity contribution in [2.24, 2.45) is 7.05 Å². The summed E-state index contributed by atoms with van der Waals surface area (Å²) in [4.78, 5) is 0. The van der Waals surface area contributed by atoms with Crippen molar-refractivity contribution in [2.75, 3.05) is 0 Å². The lowest BCUT2D eigenvalue weighted by molar-refractivity contribution is 0.592. The molecule has 0 amide bonds. The number of aryl methyl sites for hydroxylation is 1. The molecule has 0 saturated heterocycles. The van der Waals surface area contributed by atoms with Gasteiger partial charge in [0, 0.05) is 23.6 Å². The Morgan fingerprint density at radius 3 is 2.39 bits per heavy atom. The van der Waals surface area contributed by atoms with Crippen LogP contribution in [0.4, 0.5) is 0 Å². The maximum Gasteiger partial charge on any atom is 0.0488 e. The van der Waals surface area contributed by atoms with Crippen molar-refractivity contribution in [1.29, 1.82) is 0 Å². The highest BCUT2D eigenvalue weighted by Gasteiger charge is 2.15. The van der Waals surface area contributed by atoms with Crippen LogP contribution in [0.25, 0.3) is 22.2 Å². The summed E-state index contributed by atoms with van der Waals surface area (Å²) in [6.45, 7) is 0. The van der Waals surface area contributed by atoms with Crippen LogP contribution < -0.4 is 0 Å². The molecule has 118 valence electrons. The monoisotopic (exact) mass is 303 g/mol. The molecule has 1 aliphatic carbocycles. The van der Waals surface area contributed by atoms with Crippen LogP contribution in [-0.2, 0) is 7.05 Å². The van der Waals surface area contributed by atoms with Crippen molar-refractivity contribution in [3.63, 3.8) is 0 Å². The van der Waals surface area contributed by atoms with Gasteiger partial charge in [0.25, 0.3) is 0 Å². The van der Waals surface area contributed by atoms with Gasteiger partial charge in [0.15, 0.2) is 0 Å². The highest BCUT2D eigenvalue weighted by molar-refractivity contribution is 5.87. The van der Waals surface area contributed by atoms with Gasteiger partial charge in [-0.15, -0.1) is 0 Å². The first kappa shape index (κ1) is 14.6. The van der Waals surface area contributed by atoms with Crippen LogP contribution >= 0.6 is 0 Å². The number of benzene rings is 2. The third-order valence-electron chi connectivity index (χ3n) is 5.46. The molecule has 0 radical (unpaired) electrons. The number of aromatic nitrogens is 1. The minimum Gasteiger partial charge on any atom is -0.344 e. The summed E-state index contributed by atoms with van der Waals surface area (Å²) in [5, 5.41) is 1.32. The minimum absolute atomic E-state index is 0.757. The molecule has 1 nitrogen and oxygen atoms in total. The highest BCUT2D eigenvalue weighted by Crippen LogP contribution is 2.34. The van der Waals surface area contributed by atoms with Gasteiger partial charge in [-0.25, -0.2) is 0 Å². The maximum atomic E-state index is 2.43. The molecule has 23 heavy (non-hydrogen) atoms. The Balaban J connectivity index is 1.73. The van der Waals surface area contributed by atoms with Crippen LogP contribution in [0.1, 0.15) is 50.0 Å². The molecule has 1 saturated carbocycles. The zero-order valence-electron chi connectivity index (χ0n) is 14.0. The van der Waals surface area contributed by atoms with Crippen LogP contribution in [0, 0.1) is 0 Å². The number of nitrogens with zero attached hydrogens (tertiary/aromatic N) is 1. The second-order valence-electron chi connectivity index (χ2n) is 6.96. The standard InChI is InChI=1S/C22H25N/c1-23-21-14-7-6-11-20(21)16-22(23)19-13-8-12-18(15-19)17-9-4-2-3-5-10-17/h6-8,11-17H,2-5,9-10H2,1H3. The van der Waals surface area contributed by atoms with Crippen molar-refractivity contribution in [1.82, 2.24) is 4.57 Å². The average molecular weight is 303 g/mol. The van der Waals surface area contributed by atoms with Gasteiger partial charge in [-0.2, -0.15) is 0 Å². The lowest BCUT2D eigenvalue weighted by Gasteiger charge is -2.16. The largest absolute Gasteiger partial charge is 0.344 e. The topological polar surface area (TPSA) is 4.93 Å². The molecule has 1 aromatic heterocycles. The van der Waals surface area contributed by atoms with Gasteiger partial charge in [0.05, 0.1) is 0 Å². The average Bonchev–Trinajstić information content (AvgIpc) is 2.78. The molecule has 1 heteroatoms. The fourth-order valence-corrected chi connectivity index (χ4v) is 4.13. The van der Waals surface area contributed by atoms with Crippen LogP contribution in [0.5, 0.6) is 0 Å². The van der Waals surface area contributed by atoms with Crippen molar-refractivity contribution >= 4 is 10.9 Å². The molecular formula is C22H25N. The first-order valence-electron chi connectivity index (χ1n) is 8.98. The third-order valence-corrected chi connectivity index (χ3v) is 5.46. The fraction of sp³-hybridized carbons (Fsp3) is 0.364. The van der Waals surface area contributed by atoms with Gasteiger partial charge in [-0.1, -0.05) is 62.1 Å². The van der Waals surface area contributed by atoms with E-state index >= 15 is 0 Å². The van der Waals surface area contributed by atoms with Gasteiger partial charge in [-0.3, -0.25) is 0 Å². The van der Waals surface area contributed by atoms with Crippen LogP contribution in [0.2, 0.25) is 0 Å². The number of para-hydroxylation sites is 1. The predicted octanol–water partition coefficient (Wildman–Crippen LogP) is 6.28. The molecule has 4 rings (SSSR count). The molecule has 1 aliphatic rings. The molecule has 0 aliphatic heterocycles. The second-order valence-corrected chi connectivity index (χ2v) is 6.96. The summed E-state index contributed by atoms with van der Waals surface area (Å²) in [6, 6.07) is 20.2. The van der Waals surface area contributed by atoms with E-state index in [4.69, 9.17) is 0 Å². The molecule has 3 aromatic rings. The van der Waals surface area contributed by atoms with E-state index in [1.54, 1.807) is 0 Å². The fourth-order valence-electron chi connectivity index (χ4n) is 4.13. The number of hydrogen-bond donors (Lipinski definition) is 0. The Morgan fingerprint density at radius 2 is 1.61 bits per heavy atom. The number of fused-ring (bicyclic) bond motifs is 1. The van der Waals surface area contributed by atoms with E-state index in [2.05, 4.69) is 66.2 Å². The molecule has 0 N–H and O–H groups in total. The van der Waals surface area contributed by atoms with E-state index in [9.17, 15) is 0 Å². The Labute approximate surface area is 139 Å². The minimum atomic E-state index is 0.757. The van der Waals surface area contributed by atoms with E-state index in [0.717, 1.165) is 5.92 Å². The van der Waals surface area contributed by atoms with Crippen molar-refractivity contribution < 1.29 is 0 Å². The summed E-state index contributed by atoms with van der Waals surface area (Å²) >= 11 is 0. The molecular weight excluding hydrogens is 278 g/mol. The zero-order valence-corrected chi connectivity index (χ0v) is 14.0. The molecule has 0 atom stereocenters. The second kappa shape index (κ2) is 6.23. The predicted molar refractivity (Wildman–Crippen MR) is 98.8 cm³/mol. The van der Waals surface area contributed by atoms with Crippen molar-refractivity contribution in [3.8, 4) is 11.3 Å². The Morgan fingerprint density at radius 1 is 0.826 bits per heavy atom. The zero-order chi connectivity index (χ0) is 15.6. The Kier molecular flexibility index (Phi) is 3.95. The van der Waals surface area contributed by atoms with E-state index in [-0.39, 0.29) is 0 Å². The third kappa shape index (κ3) is 2.81. The van der Waals surface area contributed by atoms with E-state index in [0.29, 0.717) is 0 Å². The van der Waals surface area contributed by atoms with Crippen molar-refractivity contribution in [3.05, 3.63) is 60.2 Å². The molecule has 2 aromatic carbocycles. The van der Waals surface area contributed by atoms with Gasteiger partial charge in [0.2, 0.25) is 0 Å². The lowest BCUT2D eigenvalue weighted by Crippen LogP contribution is -1.98. The lowest BCUT2D eigenvalue weighted by atomic mass is 9.90. The maximum absolute atomic E-state index is 2.43. The summed E-state index contributed by atoms with van der Waals surface area (Å²) in [7, 11) is 2.18. The molecule has 0 spiro atoms. The summed E-state index contributed by atoms with van der Waals surface area (Å²) in [5.41, 5.74) is 5.52. The summed E-state index contributed by atoms with van der Waals surface area (Å²) in [6.07, 6.45) is 8.34. The summed E-state index contributed by atoms with van der Waals surface area (Å²) < 4.78 is 2.32.